The van der Waals surface area contributed by atoms with Gasteiger partial charge in [-0.15, -0.1) is 0 Å². The van der Waals surface area contributed by atoms with Gasteiger partial charge in [-0.2, -0.15) is 5.26 Å². The Morgan fingerprint density at radius 3 is 2.83 bits per heavy atom. The lowest BCUT2D eigenvalue weighted by molar-refractivity contribution is -0.145. The number of aromatic nitrogens is 1. The van der Waals surface area contributed by atoms with E-state index in [1.54, 1.807) is 44.2 Å². The van der Waals surface area contributed by atoms with Gasteiger partial charge in [0, 0.05) is 11.3 Å². The van der Waals surface area contributed by atoms with Crippen molar-refractivity contribution in [2.75, 3.05) is 13.2 Å². The number of carbonyl (C=O) groups excluding carboxylic acids is 1. The molecule has 0 unspecified atom stereocenters. The Morgan fingerprint density at radius 1 is 1.35 bits per heavy atom. The van der Waals surface area contributed by atoms with Crippen LogP contribution in [0.25, 0.3) is 11.1 Å². The van der Waals surface area contributed by atoms with Crippen LogP contribution in [0.4, 0.5) is 0 Å². The first-order valence-electron chi connectivity index (χ1n) is 7.08. The molecule has 0 radical (unpaired) electrons. The SMILES string of the molecule is CCOC(=O)COc1cccc(-c2cc(C)[nH]c(=O)c2C#N)c1. The predicted molar refractivity (Wildman–Crippen MR) is 84.1 cm³/mol. The summed E-state index contributed by atoms with van der Waals surface area (Å²) in [5.74, 6) is -0.00000509. The fourth-order valence-electron chi connectivity index (χ4n) is 2.13. The van der Waals surface area contributed by atoms with Crippen LogP contribution >= 0.6 is 0 Å². The average molecular weight is 312 g/mol. The molecule has 0 saturated carbocycles. The normalized spacial score (nSPS) is 9.96. The van der Waals surface area contributed by atoms with E-state index in [2.05, 4.69) is 4.98 Å². The van der Waals surface area contributed by atoms with Crippen molar-refractivity contribution in [3.05, 3.63) is 51.9 Å². The van der Waals surface area contributed by atoms with Gasteiger partial charge in [0.1, 0.15) is 17.4 Å². The Bertz CT molecular complexity index is 818. The van der Waals surface area contributed by atoms with Crippen LogP contribution in [0.3, 0.4) is 0 Å². The molecule has 23 heavy (non-hydrogen) atoms. The fourth-order valence-corrected chi connectivity index (χ4v) is 2.13. The number of carbonyl (C=O) groups is 1. The third-order valence-corrected chi connectivity index (χ3v) is 3.09. The average Bonchev–Trinajstić information content (AvgIpc) is 2.53. The van der Waals surface area contributed by atoms with Gasteiger partial charge in [0.15, 0.2) is 6.61 Å². The molecule has 0 saturated heterocycles. The summed E-state index contributed by atoms with van der Waals surface area (Å²) in [6.45, 7) is 3.56. The molecule has 1 aromatic carbocycles. The zero-order chi connectivity index (χ0) is 16.8. The maximum Gasteiger partial charge on any atom is 0.344 e. The van der Waals surface area contributed by atoms with Crippen molar-refractivity contribution < 1.29 is 14.3 Å². The summed E-state index contributed by atoms with van der Waals surface area (Å²) in [4.78, 5) is 25.8. The van der Waals surface area contributed by atoms with Crippen LogP contribution in [0.15, 0.2) is 35.1 Å². The number of H-pyrrole nitrogens is 1. The van der Waals surface area contributed by atoms with Gasteiger partial charge >= 0.3 is 5.97 Å². The Kier molecular flexibility index (Phi) is 5.15. The number of hydrogen-bond donors (Lipinski definition) is 1. The number of nitrogens with one attached hydrogen (secondary N) is 1. The van der Waals surface area contributed by atoms with Gasteiger partial charge in [-0.3, -0.25) is 4.79 Å². The van der Waals surface area contributed by atoms with Gasteiger partial charge in [0.25, 0.3) is 5.56 Å². The second kappa shape index (κ2) is 7.27. The summed E-state index contributed by atoms with van der Waals surface area (Å²) in [6, 6.07) is 10.5. The highest BCUT2D eigenvalue weighted by Gasteiger charge is 2.11. The van der Waals surface area contributed by atoms with E-state index in [4.69, 9.17) is 9.47 Å². The monoisotopic (exact) mass is 312 g/mol. The van der Waals surface area contributed by atoms with Crippen LogP contribution in [0.2, 0.25) is 0 Å². The second-order valence-corrected chi connectivity index (χ2v) is 4.80. The molecule has 1 aromatic heterocycles. The van der Waals surface area contributed by atoms with Crippen LogP contribution < -0.4 is 10.3 Å². The highest BCUT2D eigenvalue weighted by molar-refractivity contribution is 5.72. The van der Waals surface area contributed by atoms with Crippen molar-refractivity contribution >= 4 is 5.97 Å². The van der Waals surface area contributed by atoms with Crippen LogP contribution in [0.5, 0.6) is 5.75 Å². The number of esters is 1. The molecular formula is C17H16N2O4. The quantitative estimate of drug-likeness (QED) is 0.854. The largest absolute Gasteiger partial charge is 0.482 e. The number of aromatic amines is 1. The van der Waals surface area contributed by atoms with E-state index in [9.17, 15) is 14.9 Å². The summed E-state index contributed by atoms with van der Waals surface area (Å²) >= 11 is 0. The summed E-state index contributed by atoms with van der Waals surface area (Å²) < 4.78 is 10.2. The van der Waals surface area contributed by atoms with Gasteiger partial charge in [-0.25, -0.2) is 4.79 Å². The van der Waals surface area contributed by atoms with E-state index in [-0.39, 0.29) is 12.2 Å². The second-order valence-electron chi connectivity index (χ2n) is 4.80. The lowest BCUT2D eigenvalue weighted by Gasteiger charge is -2.09. The molecule has 0 bridgehead atoms. The Labute approximate surface area is 133 Å². The van der Waals surface area contributed by atoms with Gasteiger partial charge < -0.3 is 14.5 Å². The Balaban J connectivity index is 2.32. The topological polar surface area (TPSA) is 92.2 Å². The van der Waals surface area contributed by atoms with Gasteiger partial charge in [-0.05, 0) is 37.6 Å². The molecule has 6 nitrogen and oxygen atoms in total. The van der Waals surface area contributed by atoms with E-state index in [0.29, 0.717) is 29.2 Å². The van der Waals surface area contributed by atoms with Crippen LogP contribution in [0.1, 0.15) is 18.2 Å². The van der Waals surface area contributed by atoms with E-state index in [1.165, 1.54) is 0 Å². The molecular weight excluding hydrogens is 296 g/mol. The van der Waals surface area contributed by atoms with Crippen molar-refractivity contribution in [1.29, 1.82) is 5.26 Å². The first-order chi connectivity index (χ1) is 11.0. The zero-order valence-corrected chi connectivity index (χ0v) is 12.9. The third-order valence-electron chi connectivity index (χ3n) is 3.09. The van der Waals surface area contributed by atoms with Gasteiger partial charge in [0.05, 0.1) is 6.61 Å². The molecule has 1 heterocycles. The summed E-state index contributed by atoms with van der Waals surface area (Å²) in [7, 11) is 0. The van der Waals surface area contributed by atoms with Crippen LogP contribution in [-0.2, 0) is 9.53 Å². The molecule has 1 N–H and O–H groups in total. The van der Waals surface area contributed by atoms with Gasteiger partial charge in [-0.1, -0.05) is 12.1 Å². The number of pyridine rings is 1. The van der Waals surface area contributed by atoms with E-state index < -0.39 is 11.5 Å². The molecule has 2 aromatic rings. The molecule has 0 aliphatic heterocycles. The molecule has 0 aliphatic rings. The minimum Gasteiger partial charge on any atom is -0.482 e. The Hall–Kier alpha value is -3.07. The van der Waals surface area contributed by atoms with Crippen molar-refractivity contribution in [2.24, 2.45) is 0 Å². The standard InChI is InChI=1S/C17H16N2O4/c1-3-22-16(20)10-23-13-6-4-5-12(8-13)14-7-11(2)19-17(21)15(14)9-18/h4-8H,3,10H2,1-2H3,(H,19,21). The van der Waals surface area contributed by atoms with Crippen LogP contribution in [0, 0.1) is 18.3 Å². The molecule has 0 amide bonds. The Morgan fingerprint density at radius 2 is 2.13 bits per heavy atom. The van der Waals surface area contributed by atoms with E-state index in [0.717, 1.165) is 0 Å². The van der Waals surface area contributed by atoms with Crippen molar-refractivity contribution in [1.82, 2.24) is 4.98 Å². The van der Waals surface area contributed by atoms with E-state index >= 15 is 0 Å². The summed E-state index contributed by atoms with van der Waals surface area (Å²) in [5.41, 5.74) is 1.45. The number of aryl methyl sites for hydroxylation is 1. The van der Waals surface area contributed by atoms with E-state index in [1.807, 2.05) is 6.07 Å². The number of benzene rings is 1. The van der Waals surface area contributed by atoms with Crippen molar-refractivity contribution in [3.8, 4) is 22.9 Å². The lowest BCUT2D eigenvalue weighted by Crippen LogP contribution is -2.14. The molecule has 0 atom stereocenters. The summed E-state index contributed by atoms with van der Waals surface area (Å²) in [6.07, 6.45) is 0. The minimum absolute atomic E-state index is 0.0399. The third kappa shape index (κ3) is 3.98. The number of nitriles is 1. The molecule has 0 spiro atoms. The van der Waals surface area contributed by atoms with Crippen molar-refractivity contribution in [3.63, 3.8) is 0 Å². The smallest absolute Gasteiger partial charge is 0.344 e. The molecule has 0 aliphatic carbocycles. The summed E-state index contributed by atoms with van der Waals surface area (Å²) in [5, 5.41) is 9.19. The highest BCUT2D eigenvalue weighted by atomic mass is 16.6. The first-order valence-corrected chi connectivity index (χ1v) is 7.08. The highest BCUT2D eigenvalue weighted by Crippen LogP contribution is 2.25. The molecule has 6 heteroatoms. The number of rotatable bonds is 5. The number of hydrogen-bond acceptors (Lipinski definition) is 5. The molecule has 2 rings (SSSR count). The zero-order valence-electron chi connectivity index (χ0n) is 12.9. The lowest BCUT2D eigenvalue weighted by atomic mass is 10.0. The van der Waals surface area contributed by atoms with Gasteiger partial charge in [0.2, 0.25) is 0 Å². The minimum atomic E-state index is -0.456. The molecule has 118 valence electrons. The fraction of sp³-hybridized carbons (Fsp3) is 0.235. The maximum absolute atomic E-state index is 11.9. The van der Waals surface area contributed by atoms with Crippen molar-refractivity contribution in [2.45, 2.75) is 13.8 Å². The molecule has 0 fully saturated rings. The predicted octanol–water partition coefficient (Wildman–Crippen LogP) is 2.16. The maximum atomic E-state index is 11.9. The van der Waals surface area contributed by atoms with Crippen LogP contribution in [-0.4, -0.2) is 24.2 Å². The first kappa shape index (κ1) is 16.3. The number of ether oxygens (including phenoxy) is 2. The number of nitrogens with zero attached hydrogens (tertiary/aromatic N) is 1.